The average Bonchev–Trinajstić information content (AvgIpc) is 3.33. The van der Waals surface area contributed by atoms with Gasteiger partial charge in [-0.2, -0.15) is 9.49 Å². The third-order valence-corrected chi connectivity index (χ3v) is 5.78. The minimum absolute atomic E-state index is 0.0674. The van der Waals surface area contributed by atoms with E-state index in [4.69, 9.17) is 5.73 Å². The molecule has 34 heavy (non-hydrogen) atoms. The molecule has 0 saturated heterocycles. The van der Waals surface area contributed by atoms with Crippen LogP contribution in [0.2, 0.25) is 0 Å². The third-order valence-electron chi connectivity index (χ3n) is 5.78. The van der Waals surface area contributed by atoms with Gasteiger partial charge in [0, 0.05) is 31.2 Å². The second kappa shape index (κ2) is 8.05. The number of hydrogen-bond donors (Lipinski definition) is 1. The van der Waals surface area contributed by atoms with Crippen molar-refractivity contribution in [1.29, 1.82) is 0 Å². The predicted octanol–water partition coefficient (Wildman–Crippen LogP) is 3.93. The summed E-state index contributed by atoms with van der Waals surface area (Å²) in [4.78, 5) is 23.6. The first-order chi connectivity index (χ1) is 16.2. The Bertz CT molecular complexity index is 1570. The molecule has 0 aliphatic rings. The van der Waals surface area contributed by atoms with Gasteiger partial charge in [-0.25, -0.2) is 14.4 Å². The number of rotatable bonds is 5. The SMILES string of the molecule is CC(C)CN(Cc1nc2ccccn2c1F)C(=O)c1cc2c(cc1F)nc(N)c1cnn(C)c12. The van der Waals surface area contributed by atoms with Crippen molar-refractivity contribution in [3.8, 4) is 0 Å². The van der Waals surface area contributed by atoms with E-state index in [0.717, 1.165) is 0 Å². The smallest absolute Gasteiger partial charge is 0.257 e. The topological polar surface area (TPSA) is 94.3 Å². The summed E-state index contributed by atoms with van der Waals surface area (Å²) in [5.74, 6) is -1.53. The van der Waals surface area contributed by atoms with Gasteiger partial charge < -0.3 is 10.6 Å². The summed E-state index contributed by atoms with van der Waals surface area (Å²) in [7, 11) is 1.74. The zero-order valence-electron chi connectivity index (χ0n) is 19.0. The van der Waals surface area contributed by atoms with Crippen LogP contribution in [0.15, 0.2) is 42.7 Å². The van der Waals surface area contributed by atoms with Crippen molar-refractivity contribution in [2.45, 2.75) is 20.4 Å². The van der Waals surface area contributed by atoms with Gasteiger partial charge in [0.1, 0.15) is 23.0 Å². The molecular formula is C24H23F2N7O. The first kappa shape index (κ1) is 21.7. The van der Waals surface area contributed by atoms with Gasteiger partial charge in [-0.1, -0.05) is 19.9 Å². The Morgan fingerprint density at radius 1 is 1.18 bits per heavy atom. The van der Waals surface area contributed by atoms with Crippen molar-refractivity contribution in [2.24, 2.45) is 13.0 Å². The van der Waals surface area contributed by atoms with E-state index in [-0.39, 0.29) is 29.5 Å². The van der Waals surface area contributed by atoms with Crippen LogP contribution in [0, 0.1) is 17.7 Å². The number of benzene rings is 1. The number of halogens is 2. The summed E-state index contributed by atoms with van der Waals surface area (Å²) in [6, 6.07) is 7.80. The molecule has 0 bridgehead atoms. The molecule has 0 fully saturated rings. The molecule has 5 rings (SSSR count). The van der Waals surface area contributed by atoms with Crippen LogP contribution in [0.25, 0.3) is 27.5 Å². The number of anilines is 1. The highest BCUT2D eigenvalue weighted by Gasteiger charge is 2.25. The lowest BCUT2D eigenvalue weighted by Gasteiger charge is -2.24. The van der Waals surface area contributed by atoms with Gasteiger partial charge in [0.15, 0.2) is 0 Å². The summed E-state index contributed by atoms with van der Waals surface area (Å²) in [6.45, 7) is 4.07. The highest BCUT2D eigenvalue weighted by Crippen LogP contribution is 2.30. The lowest BCUT2D eigenvalue weighted by atomic mass is 10.1. The minimum Gasteiger partial charge on any atom is -0.383 e. The van der Waals surface area contributed by atoms with Gasteiger partial charge >= 0.3 is 0 Å². The summed E-state index contributed by atoms with van der Waals surface area (Å²) in [5.41, 5.74) is 7.41. The molecule has 0 aliphatic heterocycles. The molecule has 1 aromatic carbocycles. The fraction of sp³-hybridized carbons (Fsp3) is 0.250. The number of hydrogen-bond acceptors (Lipinski definition) is 5. The number of nitrogen functional groups attached to an aromatic ring is 1. The molecule has 0 spiro atoms. The van der Waals surface area contributed by atoms with Crippen LogP contribution in [0.5, 0.6) is 0 Å². The van der Waals surface area contributed by atoms with Crippen LogP contribution >= 0.6 is 0 Å². The molecular weight excluding hydrogens is 440 g/mol. The molecule has 0 saturated carbocycles. The van der Waals surface area contributed by atoms with Crippen LogP contribution in [-0.2, 0) is 13.6 Å². The molecule has 10 heteroatoms. The van der Waals surface area contributed by atoms with E-state index in [9.17, 15) is 9.18 Å². The average molecular weight is 463 g/mol. The summed E-state index contributed by atoms with van der Waals surface area (Å²) < 4.78 is 33.1. The quantitative estimate of drug-likeness (QED) is 0.426. The summed E-state index contributed by atoms with van der Waals surface area (Å²) >= 11 is 0. The van der Waals surface area contributed by atoms with Gasteiger partial charge in [-0.3, -0.25) is 13.9 Å². The molecule has 2 N–H and O–H groups in total. The number of fused-ring (bicyclic) bond motifs is 4. The van der Waals surface area contributed by atoms with Crippen molar-refractivity contribution in [3.05, 3.63) is 65.7 Å². The number of aryl methyl sites for hydroxylation is 1. The van der Waals surface area contributed by atoms with Crippen molar-refractivity contribution in [1.82, 2.24) is 29.0 Å². The van der Waals surface area contributed by atoms with Crippen LogP contribution in [0.1, 0.15) is 29.9 Å². The predicted molar refractivity (Wildman–Crippen MR) is 125 cm³/mol. The summed E-state index contributed by atoms with van der Waals surface area (Å²) in [5, 5.41) is 5.39. The van der Waals surface area contributed by atoms with E-state index in [1.807, 2.05) is 13.8 Å². The molecule has 1 amide bonds. The number of pyridine rings is 2. The van der Waals surface area contributed by atoms with Crippen molar-refractivity contribution < 1.29 is 13.6 Å². The lowest BCUT2D eigenvalue weighted by molar-refractivity contribution is 0.0714. The number of nitrogens with zero attached hydrogens (tertiary/aromatic N) is 6. The molecule has 0 unspecified atom stereocenters. The van der Waals surface area contributed by atoms with Gasteiger partial charge in [-0.05, 0) is 24.1 Å². The fourth-order valence-electron chi connectivity index (χ4n) is 4.27. The number of imidazole rings is 1. The van der Waals surface area contributed by atoms with Gasteiger partial charge in [0.05, 0.1) is 34.7 Å². The Kier molecular flexibility index (Phi) is 5.15. The number of aromatic nitrogens is 5. The molecule has 0 radical (unpaired) electrons. The Morgan fingerprint density at radius 2 is 1.97 bits per heavy atom. The molecule has 174 valence electrons. The number of nitrogens with two attached hydrogens (primary N) is 1. The van der Waals surface area contributed by atoms with Crippen molar-refractivity contribution in [3.63, 3.8) is 0 Å². The Balaban J connectivity index is 1.60. The second-order valence-electron chi connectivity index (χ2n) is 8.73. The first-order valence-corrected chi connectivity index (χ1v) is 10.9. The van der Waals surface area contributed by atoms with Crippen molar-refractivity contribution >= 4 is 39.2 Å². The molecule has 0 aliphatic carbocycles. The zero-order valence-corrected chi connectivity index (χ0v) is 19.0. The highest BCUT2D eigenvalue weighted by molar-refractivity contribution is 6.10. The third kappa shape index (κ3) is 3.51. The minimum atomic E-state index is -0.727. The monoisotopic (exact) mass is 463 g/mol. The summed E-state index contributed by atoms with van der Waals surface area (Å²) in [6.07, 6.45) is 3.15. The van der Waals surface area contributed by atoms with Gasteiger partial charge in [0.2, 0.25) is 5.95 Å². The lowest BCUT2D eigenvalue weighted by Crippen LogP contribution is -2.34. The Hall–Kier alpha value is -4.08. The standard InChI is InChI=1S/C24H23F2N7O/c1-13(2)11-32(12-19-22(26)33-7-5-4-6-20(33)29-19)24(34)14-8-15-18(9-17(14)25)30-23(27)16-10-28-31(3)21(15)16/h4-10,13H,11-12H2,1-3H3,(H2,27,30). The maximum absolute atomic E-state index is 15.2. The largest absolute Gasteiger partial charge is 0.383 e. The van der Waals surface area contributed by atoms with E-state index >= 15 is 4.39 Å². The maximum atomic E-state index is 15.2. The van der Waals surface area contributed by atoms with Crippen LogP contribution in [0.3, 0.4) is 0 Å². The fourth-order valence-corrected chi connectivity index (χ4v) is 4.27. The van der Waals surface area contributed by atoms with Gasteiger partial charge in [0.25, 0.3) is 5.91 Å². The van der Waals surface area contributed by atoms with E-state index in [0.29, 0.717) is 34.0 Å². The van der Waals surface area contributed by atoms with Gasteiger partial charge in [-0.15, -0.1) is 0 Å². The molecule has 4 heterocycles. The molecule has 5 aromatic rings. The highest BCUT2D eigenvalue weighted by atomic mass is 19.1. The molecule has 0 atom stereocenters. The van der Waals surface area contributed by atoms with E-state index < -0.39 is 17.7 Å². The van der Waals surface area contributed by atoms with Crippen LogP contribution in [-0.4, -0.2) is 41.5 Å². The van der Waals surface area contributed by atoms with E-state index in [1.165, 1.54) is 21.4 Å². The Morgan fingerprint density at radius 3 is 2.71 bits per heavy atom. The molecule has 4 aromatic heterocycles. The van der Waals surface area contributed by atoms with E-state index in [1.54, 1.807) is 42.3 Å². The molecule has 8 nitrogen and oxygen atoms in total. The van der Waals surface area contributed by atoms with Crippen LogP contribution < -0.4 is 5.73 Å². The number of carbonyl (C=O) groups is 1. The normalized spacial score (nSPS) is 11.8. The number of amides is 1. The second-order valence-corrected chi connectivity index (χ2v) is 8.73. The van der Waals surface area contributed by atoms with E-state index in [2.05, 4.69) is 15.1 Å². The first-order valence-electron chi connectivity index (χ1n) is 10.9. The van der Waals surface area contributed by atoms with Crippen LogP contribution in [0.4, 0.5) is 14.6 Å². The Labute approximate surface area is 193 Å². The number of carbonyl (C=O) groups excluding carboxylic acids is 1. The maximum Gasteiger partial charge on any atom is 0.257 e. The zero-order chi connectivity index (χ0) is 24.1. The van der Waals surface area contributed by atoms with Crippen molar-refractivity contribution in [2.75, 3.05) is 12.3 Å².